The molecule has 0 N–H and O–H groups in total. The summed E-state index contributed by atoms with van der Waals surface area (Å²) in [7, 11) is 3.65. The summed E-state index contributed by atoms with van der Waals surface area (Å²) in [4.78, 5) is 17.2. The number of alkyl halides is 2. The molecule has 188 valence electrons. The number of benzene rings is 1. The highest BCUT2D eigenvalue weighted by Gasteiger charge is 2.46. The van der Waals surface area contributed by atoms with Crippen LogP contribution < -0.4 is 9.80 Å². The summed E-state index contributed by atoms with van der Waals surface area (Å²) in [5.74, 6) is -5.28. The summed E-state index contributed by atoms with van der Waals surface area (Å²) in [5.41, 5.74) is 1.17. The number of nitrogens with zero attached hydrogens (tertiary/aromatic N) is 7. The van der Waals surface area contributed by atoms with Crippen LogP contribution in [-0.2, 0) is 0 Å². The number of anilines is 2. The Kier molecular flexibility index (Phi) is 5.39. The molecule has 1 aromatic carbocycles. The van der Waals surface area contributed by atoms with Gasteiger partial charge in [-0.25, -0.2) is 22.5 Å². The summed E-state index contributed by atoms with van der Waals surface area (Å²) in [5, 5.41) is 4.93. The molecule has 4 heterocycles. The van der Waals surface area contributed by atoms with Gasteiger partial charge in [-0.15, -0.1) is 0 Å². The van der Waals surface area contributed by atoms with Crippen LogP contribution in [0.4, 0.5) is 28.6 Å². The van der Waals surface area contributed by atoms with Gasteiger partial charge in [-0.05, 0) is 25.0 Å². The van der Waals surface area contributed by atoms with E-state index in [-0.39, 0.29) is 36.7 Å². The first-order chi connectivity index (χ1) is 17.2. The second-order valence-electron chi connectivity index (χ2n) is 9.53. The average Bonchev–Trinajstić information content (AvgIpc) is 3.39. The van der Waals surface area contributed by atoms with Gasteiger partial charge in [0.15, 0.2) is 10.8 Å². The highest BCUT2D eigenvalue weighted by Crippen LogP contribution is 2.43. The van der Waals surface area contributed by atoms with E-state index in [1.807, 2.05) is 14.1 Å². The van der Waals surface area contributed by atoms with Gasteiger partial charge in [0.05, 0.1) is 23.9 Å². The predicted molar refractivity (Wildman–Crippen MR) is 130 cm³/mol. The normalized spacial score (nSPS) is 19.7. The second kappa shape index (κ2) is 8.39. The third kappa shape index (κ3) is 4.06. The summed E-state index contributed by atoms with van der Waals surface area (Å²) in [6, 6.07) is 3.58. The number of rotatable bonds is 5. The summed E-state index contributed by atoms with van der Waals surface area (Å²) in [6.45, 7) is 0.00661. The highest BCUT2D eigenvalue weighted by atomic mass is 32.1. The van der Waals surface area contributed by atoms with E-state index < -0.39 is 23.5 Å². The number of aromatic nitrogens is 5. The molecule has 2 fully saturated rings. The van der Waals surface area contributed by atoms with E-state index in [0.717, 1.165) is 25.0 Å². The first-order valence-electron chi connectivity index (χ1n) is 11.7. The van der Waals surface area contributed by atoms with Crippen LogP contribution in [-0.4, -0.2) is 57.8 Å². The maximum atomic E-state index is 15.0. The molecular formula is C24H23F4N7S. The number of piperidine rings is 1. The topological polar surface area (TPSA) is 63.0 Å². The van der Waals surface area contributed by atoms with E-state index in [9.17, 15) is 8.78 Å². The zero-order chi connectivity index (χ0) is 25.2. The van der Waals surface area contributed by atoms with Gasteiger partial charge in [0.2, 0.25) is 5.95 Å². The highest BCUT2D eigenvalue weighted by molar-refractivity contribution is 7.22. The monoisotopic (exact) mass is 517 g/mol. The lowest BCUT2D eigenvalue weighted by Gasteiger charge is -2.38. The van der Waals surface area contributed by atoms with Crippen molar-refractivity contribution in [1.82, 2.24) is 24.7 Å². The van der Waals surface area contributed by atoms with Crippen LogP contribution in [0, 0.1) is 11.6 Å². The molecule has 1 aliphatic carbocycles. The Morgan fingerprint density at radius 3 is 2.64 bits per heavy atom. The Labute approximate surface area is 208 Å². The minimum Gasteiger partial charge on any atom is -0.354 e. The predicted octanol–water partition coefficient (Wildman–Crippen LogP) is 5.26. The largest absolute Gasteiger partial charge is 0.354 e. The molecule has 0 radical (unpaired) electrons. The molecule has 0 unspecified atom stereocenters. The van der Waals surface area contributed by atoms with Crippen molar-refractivity contribution in [1.29, 1.82) is 0 Å². The molecule has 1 saturated carbocycles. The Morgan fingerprint density at radius 2 is 1.92 bits per heavy atom. The van der Waals surface area contributed by atoms with Crippen molar-refractivity contribution in [2.75, 3.05) is 37.0 Å². The SMILES string of the molecule is CN(C)c1nc2nc(N3CCC(F)(F)[C@H](c4cnn(C5CC5)c4)C3)nc(-c3ccc(F)cc3F)c2s1. The van der Waals surface area contributed by atoms with Crippen LogP contribution in [0.15, 0.2) is 30.6 Å². The number of thiazole rings is 1. The lowest BCUT2D eigenvalue weighted by Crippen LogP contribution is -2.46. The lowest BCUT2D eigenvalue weighted by atomic mass is 9.89. The van der Waals surface area contributed by atoms with E-state index in [1.54, 1.807) is 20.7 Å². The van der Waals surface area contributed by atoms with Crippen molar-refractivity contribution in [3.05, 3.63) is 47.8 Å². The van der Waals surface area contributed by atoms with Crippen molar-refractivity contribution in [2.24, 2.45) is 0 Å². The quantitative estimate of drug-likeness (QED) is 0.337. The Bertz CT molecular complexity index is 1450. The maximum absolute atomic E-state index is 15.0. The number of hydrogen-bond donors (Lipinski definition) is 0. The molecule has 7 nitrogen and oxygen atoms in total. The lowest BCUT2D eigenvalue weighted by molar-refractivity contribution is -0.0425. The fourth-order valence-electron chi connectivity index (χ4n) is 4.50. The number of halogens is 4. The van der Waals surface area contributed by atoms with Gasteiger partial charge in [-0.3, -0.25) is 4.68 Å². The van der Waals surface area contributed by atoms with Crippen LogP contribution in [0.25, 0.3) is 21.6 Å². The van der Waals surface area contributed by atoms with E-state index in [4.69, 9.17) is 0 Å². The van der Waals surface area contributed by atoms with Gasteiger partial charge in [0, 0.05) is 57.0 Å². The number of fused-ring (bicyclic) bond motifs is 1. The molecule has 0 amide bonds. The smallest absolute Gasteiger partial charge is 0.258 e. The molecule has 2 aliphatic rings. The van der Waals surface area contributed by atoms with Crippen molar-refractivity contribution in [3.63, 3.8) is 0 Å². The number of hydrogen-bond acceptors (Lipinski definition) is 7. The summed E-state index contributed by atoms with van der Waals surface area (Å²) < 4.78 is 60.8. The van der Waals surface area contributed by atoms with Crippen molar-refractivity contribution in [3.8, 4) is 11.3 Å². The van der Waals surface area contributed by atoms with Gasteiger partial charge in [-0.2, -0.15) is 15.1 Å². The zero-order valence-electron chi connectivity index (χ0n) is 19.6. The molecule has 6 rings (SSSR count). The fourth-order valence-corrected chi connectivity index (χ4v) is 5.44. The average molecular weight is 518 g/mol. The van der Waals surface area contributed by atoms with Crippen molar-refractivity contribution in [2.45, 2.75) is 37.1 Å². The van der Waals surface area contributed by atoms with E-state index in [1.165, 1.54) is 23.6 Å². The van der Waals surface area contributed by atoms with Gasteiger partial charge < -0.3 is 9.80 Å². The van der Waals surface area contributed by atoms with Crippen LogP contribution >= 0.6 is 11.3 Å². The molecule has 36 heavy (non-hydrogen) atoms. The van der Waals surface area contributed by atoms with E-state index >= 15 is 8.78 Å². The molecule has 1 aliphatic heterocycles. The van der Waals surface area contributed by atoms with Crippen LogP contribution in [0.3, 0.4) is 0 Å². The molecule has 12 heteroatoms. The van der Waals surface area contributed by atoms with Crippen molar-refractivity contribution < 1.29 is 17.6 Å². The zero-order valence-corrected chi connectivity index (χ0v) is 20.4. The van der Waals surface area contributed by atoms with Crippen LogP contribution in [0.1, 0.15) is 36.8 Å². The van der Waals surface area contributed by atoms with Gasteiger partial charge in [0.25, 0.3) is 5.92 Å². The first kappa shape index (κ1) is 23.1. The van der Waals surface area contributed by atoms with E-state index in [2.05, 4.69) is 20.1 Å². The minimum absolute atomic E-state index is 0.0229. The third-order valence-corrected chi connectivity index (χ3v) is 7.87. The molecular weight excluding hydrogens is 494 g/mol. The van der Waals surface area contributed by atoms with Crippen LogP contribution in [0.2, 0.25) is 0 Å². The minimum atomic E-state index is -2.91. The Hall–Kier alpha value is -3.28. The first-order valence-corrected chi connectivity index (χ1v) is 12.5. The van der Waals surface area contributed by atoms with Gasteiger partial charge >= 0.3 is 0 Å². The maximum Gasteiger partial charge on any atom is 0.258 e. The summed E-state index contributed by atoms with van der Waals surface area (Å²) in [6.07, 6.45) is 4.87. The molecule has 1 saturated heterocycles. The second-order valence-corrected chi connectivity index (χ2v) is 10.5. The Morgan fingerprint density at radius 1 is 1.11 bits per heavy atom. The summed E-state index contributed by atoms with van der Waals surface area (Å²) >= 11 is 1.28. The molecule has 4 aromatic rings. The standard InChI is InChI=1S/C24H23F4N7S/c1-33(2)23-32-21-20(36-23)19(16-6-3-14(25)9-18(16)26)30-22(31-21)34-8-7-24(27,28)17(12-34)13-10-29-35(11-13)15-4-5-15/h3,6,9-11,15,17H,4-5,7-8,12H2,1-2H3/t17-/m0/s1. The Balaban J connectivity index is 1.42. The van der Waals surface area contributed by atoms with Crippen molar-refractivity contribution >= 4 is 32.8 Å². The van der Waals surface area contributed by atoms with Gasteiger partial charge in [-0.1, -0.05) is 11.3 Å². The third-order valence-electron chi connectivity index (χ3n) is 6.66. The molecule has 3 aromatic heterocycles. The molecule has 0 bridgehead atoms. The van der Waals surface area contributed by atoms with E-state index in [0.29, 0.717) is 27.1 Å². The molecule has 0 spiro atoms. The fraction of sp³-hybridized carbons (Fsp3) is 0.417. The van der Waals surface area contributed by atoms with Crippen LogP contribution in [0.5, 0.6) is 0 Å². The molecule has 1 atom stereocenters. The van der Waals surface area contributed by atoms with Gasteiger partial charge in [0.1, 0.15) is 16.3 Å².